The van der Waals surface area contributed by atoms with Gasteiger partial charge in [-0.25, -0.2) is 4.79 Å². The van der Waals surface area contributed by atoms with Crippen molar-refractivity contribution in [2.75, 3.05) is 66.3 Å². The molecule has 1 heterocycles. The molecule has 0 spiro atoms. The molecule has 0 aromatic heterocycles. The summed E-state index contributed by atoms with van der Waals surface area (Å²) in [5, 5.41) is 5.27. The quantitative estimate of drug-likeness (QED) is 0.249. The summed E-state index contributed by atoms with van der Waals surface area (Å²) >= 11 is 0. The lowest BCUT2D eigenvalue weighted by atomic mass is 9.90. The van der Waals surface area contributed by atoms with Gasteiger partial charge in [-0.3, -0.25) is 4.99 Å². The molecule has 0 saturated heterocycles. The zero-order valence-electron chi connectivity index (χ0n) is 22.4. The number of benzene rings is 3. The van der Waals surface area contributed by atoms with Crippen LogP contribution in [-0.4, -0.2) is 76.7 Å². The van der Waals surface area contributed by atoms with Crippen molar-refractivity contribution in [1.82, 2.24) is 9.80 Å². The Balaban J connectivity index is 1.91. The van der Waals surface area contributed by atoms with Crippen molar-refractivity contribution >= 4 is 22.6 Å². The van der Waals surface area contributed by atoms with Gasteiger partial charge >= 0.3 is 5.97 Å². The van der Waals surface area contributed by atoms with Crippen LogP contribution in [0.2, 0.25) is 0 Å². The van der Waals surface area contributed by atoms with Crippen molar-refractivity contribution in [2.45, 2.75) is 6.92 Å². The van der Waals surface area contributed by atoms with Crippen LogP contribution in [0.3, 0.4) is 0 Å². The van der Waals surface area contributed by atoms with Gasteiger partial charge in [-0.05, 0) is 71.0 Å². The number of anilines is 1. The maximum Gasteiger partial charge on any atom is 0.338 e. The highest BCUT2D eigenvalue weighted by molar-refractivity contribution is 6.08. The lowest BCUT2D eigenvalue weighted by Gasteiger charge is -2.18. The lowest BCUT2D eigenvalue weighted by molar-refractivity contribution is 0.0527. The average molecular weight is 501 g/mol. The number of esters is 1. The molecule has 1 aliphatic heterocycles. The molecular weight excluding hydrogens is 464 g/mol. The molecule has 0 radical (unpaired) electrons. The zero-order valence-corrected chi connectivity index (χ0v) is 22.4. The number of hydrogen-bond donors (Lipinski definition) is 1. The molecule has 2 aromatic carbocycles. The minimum Gasteiger partial charge on any atom is -0.462 e. The summed E-state index contributed by atoms with van der Waals surface area (Å²) < 4.78 is 11.8. The van der Waals surface area contributed by atoms with Gasteiger partial charge in [-0.2, -0.15) is 0 Å². The molecule has 0 fully saturated rings. The van der Waals surface area contributed by atoms with Crippen LogP contribution in [-0.2, 0) is 4.74 Å². The van der Waals surface area contributed by atoms with Crippen LogP contribution in [0.15, 0.2) is 70.1 Å². The number of nitrogens with zero attached hydrogens (tertiary/aromatic N) is 3. The molecule has 7 heteroatoms. The van der Waals surface area contributed by atoms with Crippen molar-refractivity contribution in [3.8, 4) is 22.5 Å². The van der Waals surface area contributed by atoms with Crippen LogP contribution < -0.4 is 10.7 Å². The van der Waals surface area contributed by atoms with E-state index in [9.17, 15) is 4.79 Å². The molecule has 1 aliphatic carbocycles. The fraction of sp³-hybridized carbons (Fsp3) is 0.333. The van der Waals surface area contributed by atoms with E-state index in [0.717, 1.165) is 64.1 Å². The molecule has 2 aliphatic rings. The molecule has 37 heavy (non-hydrogen) atoms. The molecule has 0 saturated carbocycles. The van der Waals surface area contributed by atoms with E-state index in [-0.39, 0.29) is 5.97 Å². The number of nitrogens with one attached hydrogen (secondary N) is 1. The molecule has 7 nitrogen and oxygen atoms in total. The van der Waals surface area contributed by atoms with Crippen molar-refractivity contribution in [1.29, 1.82) is 0 Å². The first-order chi connectivity index (χ1) is 17.9. The third kappa shape index (κ3) is 6.37. The van der Waals surface area contributed by atoms with Gasteiger partial charge in [-0.15, -0.1) is 0 Å². The van der Waals surface area contributed by atoms with Gasteiger partial charge in [0.25, 0.3) is 0 Å². The number of rotatable bonds is 10. The van der Waals surface area contributed by atoms with Gasteiger partial charge < -0.3 is 24.3 Å². The Kier molecular flexibility index (Phi) is 8.58. The molecule has 2 aromatic rings. The van der Waals surface area contributed by atoms with E-state index >= 15 is 0 Å². The summed E-state index contributed by atoms with van der Waals surface area (Å²) in [6.07, 6.45) is 0. The molecule has 4 rings (SSSR count). The van der Waals surface area contributed by atoms with Crippen LogP contribution in [0.25, 0.3) is 33.4 Å². The van der Waals surface area contributed by atoms with E-state index in [0.29, 0.717) is 18.7 Å². The van der Waals surface area contributed by atoms with Crippen LogP contribution in [0.4, 0.5) is 5.69 Å². The van der Waals surface area contributed by atoms with Gasteiger partial charge in [0.15, 0.2) is 0 Å². The second-order valence-corrected chi connectivity index (χ2v) is 9.55. The van der Waals surface area contributed by atoms with E-state index < -0.39 is 0 Å². The summed E-state index contributed by atoms with van der Waals surface area (Å²) in [6.45, 7) is 5.44. The van der Waals surface area contributed by atoms with Gasteiger partial charge in [-0.1, -0.05) is 18.2 Å². The highest BCUT2D eigenvalue weighted by Crippen LogP contribution is 2.41. The van der Waals surface area contributed by atoms with Crippen molar-refractivity contribution in [3.05, 3.63) is 71.6 Å². The molecule has 0 unspecified atom stereocenters. The van der Waals surface area contributed by atoms with Crippen LogP contribution in [0.1, 0.15) is 17.3 Å². The van der Waals surface area contributed by atoms with Crippen LogP contribution in [0.5, 0.6) is 0 Å². The van der Waals surface area contributed by atoms with Crippen LogP contribution >= 0.6 is 0 Å². The van der Waals surface area contributed by atoms with E-state index in [1.54, 1.807) is 0 Å². The highest BCUT2D eigenvalue weighted by Gasteiger charge is 2.22. The molecule has 1 N–H and O–H groups in total. The van der Waals surface area contributed by atoms with Gasteiger partial charge in [0.1, 0.15) is 11.3 Å². The van der Waals surface area contributed by atoms with E-state index in [1.807, 2.05) is 69.6 Å². The zero-order chi connectivity index (χ0) is 26.4. The Morgan fingerprint density at radius 3 is 2.49 bits per heavy atom. The normalized spacial score (nSPS) is 12.1. The molecule has 0 atom stereocenters. The fourth-order valence-corrected chi connectivity index (χ4v) is 4.27. The molecular formula is C30H36N4O3. The van der Waals surface area contributed by atoms with E-state index in [2.05, 4.69) is 41.3 Å². The summed E-state index contributed by atoms with van der Waals surface area (Å²) in [7, 11) is 8.18. The summed E-state index contributed by atoms with van der Waals surface area (Å²) in [5.41, 5.74) is 4.93. The topological polar surface area (TPSA) is 70.3 Å². The number of fused-ring (bicyclic) bond motifs is 2. The minimum atomic E-state index is -0.336. The average Bonchev–Trinajstić information content (AvgIpc) is 2.87. The first-order valence-electron chi connectivity index (χ1n) is 12.7. The second kappa shape index (κ2) is 12.0. The number of hydrogen-bond acceptors (Lipinski definition) is 7. The Labute approximate surface area is 218 Å². The Morgan fingerprint density at radius 1 is 0.946 bits per heavy atom. The monoisotopic (exact) mass is 500 g/mol. The third-order valence-corrected chi connectivity index (χ3v) is 6.13. The molecule has 0 amide bonds. The first-order valence-corrected chi connectivity index (χ1v) is 12.7. The van der Waals surface area contributed by atoms with E-state index in [4.69, 9.17) is 14.1 Å². The minimum absolute atomic E-state index is 0.318. The molecule has 0 bridgehead atoms. The maximum absolute atomic E-state index is 12.9. The summed E-state index contributed by atoms with van der Waals surface area (Å²) in [5.74, 6) is 0.384. The Morgan fingerprint density at radius 2 is 1.73 bits per heavy atom. The van der Waals surface area contributed by atoms with Crippen molar-refractivity contribution in [2.24, 2.45) is 4.99 Å². The van der Waals surface area contributed by atoms with Crippen molar-refractivity contribution < 1.29 is 13.9 Å². The summed E-state index contributed by atoms with van der Waals surface area (Å²) in [6, 6.07) is 19.8. The summed E-state index contributed by atoms with van der Waals surface area (Å²) in [4.78, 5) is 21.9. The number of likely N-dealkylation sites (N-methyl/N-ethyl adjacent to an activating group) is 2. The maximum atomic E-state index is 12.9. The van der Waals surface area contributed by atoms with Gasteiger partial charge in [0.2, 0.25) is 0 Å². The van der Waals surface area contributed by atoms with Gasteiger partial charge in [0.05, 0.1) is 24.1 Å². The lowest BCUT2D eigenvalue weighted by Crippen LogP contribution is -2.20. The van der Waals surface area contributed by atoms with Crippen LogP contribution in [0, 0.1) is 0 Å². The SMILES string of the molecule is CCOC(=O)c1ccccc1-c1c2ccc(=NCCN(C)C)cc-2oc2cc(NCCN(C)C)ccc12. The van der Waals surface area contributed by atoms with E-state index in [1.165, 1.54) is 0 Å². The first kappa shape index (κ1) is 26.4. The molecule has 194 valence electrons. The smallest absolute Gasteiger partial charge is 0.338 e. The standard InChI is InChI=1S/C30H36N4O3/c1-6-36-30(35)24-10-8-7-9-23(24)29-25-13-11-21(31-15-17-33(2)3)19-27(25)37-28-20-22(12-14-26(28)29)32-16-18-34(4)5/h7-14,19-20,31H,6,15-18H2,1-5H3. The number of ether oxygens (including phenoxy) is 1. The number of carbonyl (C=O) groups is 1. The largest absolute Gasteiger partial charge is 0.462 e. The highest BCUT2D eigenvalue weighted by atomic mass is 16.5. The van der Waals surface area contributed by atoms with Gasteiger partial charge in [0, 0.05) is 54.0 Å². The predicted molar refractivity (Wildman–Crippen MR) is 150 cm³/mol. The predicted octanol–water partition coefficient (Wildman–Crippen LogP) is 4.82. The Bertz CT molecular complexity index is 1410. The third-order valence-electron chi connectivity index (χ3n) is 6.13. The fourth-order valence-electron chi connectivity index (χ4n) is 4.27. The number of carbonyl (C=O) groups excluding carboxylic acids is 1. The second-order valence-electron chi connectivity index (χ2n) is 9.55. The van der Waals surface area contributed by atoms with Crippen molar-refractivity contribution in [3.63, 3.8) is 0 Å². The Hall–Kier alpha value is -3.68.